The van der Waals surface area contributed by atoms with E-state index in [-0.39, 0.29) is 22.9 Å². The number of pyridine rings is 3. The highest BCUT2D eigenvalue weighted by Crippen LogP contribution is 2.32. The molecule has 0 unspecified atom stereocenters. The summed E-state index contributed by atoms with van der Waals surface area (Å²) in [4.78, 5) is 57.0. The van der Waals surface area contributed by atoms with Crippen LogP contribution in [0.1, 0.15) is 65.8 Å². The summed E-state index contributed by atoms with van der Waals surface area (Å²) in [7, 11) is 1.93. The molecule has 0 radical (unpaired) electrons. The van der Waals surface area contributed by atoms with E-state index in [0.29, 0.717) is 34.9 Å². The maximum absolute atomic E-state index is 13.4. The van der Waals surface area contributed by atoms with Gasteiger partial charge < -0.3 is 10.2 Å². The van der Waals surface area contributed by atoms with Crippen LogP contribution in [-0.2, 0) is 11.3 Å². The lowest BCUT2D eigenvalue weighted by Crippen LogP contribution is -2.30. The predicted molar refractivity (Wildman–Crippen MR) is 159 cm³/mol. The fourth-order valence-electron chi connectivity index (χ4n) is 5.28. The summed E-state index contributed by atoms with van der Waals surface area (Å²) in [6.07, 6.45) is 11.6. The lowest BCUT2D eigenvalue weighted by atomic mass is 10.0. The number of hydrogen-bond donors (Lipinski definition) is 3. The number of amides is 1. The van der Waals surface area contributed by atoms with Crippen molar-refractivity contribution in [2.45, 2.75) is 52.1 Å². The van der Waals surface area contributed by atoms with Crippen LogP contribution in [0.25, 0.3) is 17.1 Å². The summed E-state index contributed by atoms with van der Waals surface area (Å²) in [5, 5.41) is 12.4. The van der Waals surface area contributed by atoms with Gasteiger partial charge >= 0.3 is 0 Å². The molecule has 4 aromatic heterocycles. The van der Waals surface area contributed by atoms with Crippen molar-refractivity contribution in [1.29, 1.82) is 0 Å². The first-order chi connectivity index (χ1) is 20.2. The molecule has 1 aliphatic carbocycles. The second kappa shape index (κ2) is 12.3. The van der Waals surface area contributed by atoms with Crippen LogP contribution in [0.4, 0.5) is 17.5 Å². The van der Waals surface area contributed by atoms with Crippen LogP contribution >= 0.6 is 0 Å². The zero-order valence-electron chi connectivity index (χ0n) is 23.7. The third kappa shape index (κ3) is 6.03. The van der Waals surface area contributed by atoms with Gasteiger partial charge in [0.25, 0.3) is 11.5 Å². The third-order valence-corrected chi connectivity index (χ3v) is 7.46. The molecule has 0 spiro atoms. The van der Waals surface area contributed by atoms with Crippen molar-refractivity contribution in [2.24, 2.45) is 0 Å². The Bertz CT molecular complexity index is 1710. The first-order valence-electron chi connectivity index (χ1n) is 13.7. The van der Waals surface area contributed by atoms with Crippen molar-refractivity contribution in [3.63, 3.8) is 0 Å². The lowest BCUT2D eigenvalue weighted by molar-refractivity contribution is -0.124. The summed E-state index contributed by atoms with van der Waals surface area (Å²) in [5.41, 5.74) is 5.00. The molecule has 0 atom stereocenters. The minimum absolute atomic E-state index is 0.00400. The summed E-state index contributed by atoms with van der Waals surface area (Å²) in [6.45, 7) is 3.73. The lowest BCUT2D eigenvalue weighted by Gasteiger charge is -2.20. The van der Waals surface area contributed by atoms with Gasteiger partial charge in [0.2, 0.25) is 5.95 Å². The van der Waals surface area contributed by atoms with E-state index < -0.39 is 5.91 Å². The Kier molecular flexibility index (Phi) is 8.34. The topological polar surface area (TPSA) is 155 Å². The molecule has 1 fully saturated rings. The van der Waals surface area contributed by atoms with Crippen LogP contribution in [0, 0.1) is 6.92 Å². The molecular formula is C30H32N8O4. The molecule has 12 nitrogen and oxygen atoms in total. The molecule has 0 bridgehead atoms. The normalized spacial score (nSPS) is 13.5. The minimum atomic E-state index is -0.612. The van der Waals surface area contributed by atoms with Gasteiger partial charge in [-0.05, 0) is 62.1 Å². The van der Waals surface area contributed by atoms with E-state index in [0.717, 1.165) is 42.6 Å². The smallest absolute Gasteiger partial charge is 0.267 e. The molecule has 3 N–H and O–H groups in total. The van der Waals surface area contributed by atoms with Gasteiger partial charge in [-0.15, -0.1) is 0 Å². The number of hydrogen-bond acceptors (Lipinski definition) is 10. The van der Waals surface area contributed by atoms with Gasteiger partial charge in [-0.2, -0.15) is 4.98 Å². The molecular weight excluding hydrogens is 536 g/mol. The highest BCUT2D eigenvalue weighted by Gasteiger charge is 2.25. The number of aromatic nitrogens is 5. The number of carbonyl (C=O) groups excluding carboxylic acids is 2. The average Bonchev–Trinajstić information content (AvgIpc) is 3.51. The summed E-state index contributed by atoms with van der Waals surface area (Å²) < 4.78 is 1.69. The van der Waals surface area contributed by atoms with E-state index in [2.05, 4.69) is 20.3 Å². The quantitative estimate of drug-likeness (QED) is 0.116. The predicted octanol–water partition coefficient (Wildman–Crippen LogP) is 4.11. The van der Waals surface area contributed by atoms with E-state index in [9.17, 15) is 14.4 Å². The largest absolute Gasteiger partial charge is 0.367 e. The van der Waals surface area contributed by atoms with Crippen LogP contribution in [0.15, 0.2) is 53.7 Å². The summed E-state index contributed by atoms with van der Waals surface area (Å²) >= 11 is 0. The van der Waals surface area contributed by atoms with Crippen molar-refractivity contribution in [3.8, 4) is 0 Å². The fraction of sp³-hybridized carbons (Fsp3) is 0.300. The number of anilines is 3. The number of rotatable bonds is 9. The molecule has 216 valence electrons. The van der Waals surface area contributed by atoms with Gasteiger partial charge in [-0.25, -0.2) is 15.4 Å². The second-order valence-corrected chi connectivity index (χ2v) is 10.4. The van der Waals surface area contributed by atoms with Crippen LogP contribution in [0.3, 0.4) is 0 Å². The van der Waals surface area contributed by atoms with Crippen molar-refractivity contribution in [1.82, 2.24) is 30.0 Å². The zero-order valence-corrected chi connectivity index (χ0v) is 23.7. The van der Waals surface area contributed by atoms with Gasteiger partial charge in [0.1, 0.15) is 11.5 Å². The molecule has 0 saturated heterocycles. The van der Waals surface area contributed by atoms with Gasteiger partial charge in [0, 0.05) is 36.9 Å². The number of nitrogens with zero attached hydrogens (tertiary/aromatic N) is 6. The standard InChI is InChI=1S/C30H32N8O4/c1-18-24-16-33-30(35-28(24)38(22-6-4-5-7-22)29(41)27(18)19(2)39)34-25-12-11-23(15-32-25)37(3)17-21-10-8-20(14-31-21)9-13-26(40)36-42/h8-16,22,42H,4-7,17H2,1-3H3,(H,36,40)(H,32,33,34,35)/b13-9+. The number of carbonyl (C=O) groups is 2. The monoisotopic (exact) mass is 568 g/mol. The van der Waals surface area contributed by atoms with Gasteiger partial charge in [0.05, 0.1) is 29.7 Å². The molecule has 12 heteroatoms. The molecule has 4 aromatic rings. The Morgan fingerprint density at radius 1 is 1.10 bits per heavy atom. The maximum Gasteiger partial charge on any atom is 0.267 e. The molecule has 4 heterocycles. The molecule has 0 aromatic carbocycles. The highest BCUT2D eigenvalue weighted by atomic mass is 16.5. The molecule has 42 heavy (non-hydrogen) atoms. The van der Waals surface area contributed by atoms with Crippen molar-refractivity contribution >= 4 is 46.3 Å². The Balaban J connectivity index is 1.33. The Hall–Kier alpha value is -4.97. The summed E-state index contributed by atoms with van der Waals surface area (Å²) in [5.74, 6) is -0.0112. The number of hydroxylamine groups is 1. The molecule has 1 amide bonds. The Morgan fingerprint density at radius 2 is 1.88 bits per heavy atom. The van der Waals surface area contributed by atoms with Gasteiger partial charge in [0.15, 0.2) is 5.78 Å². The van der Waals surface area contributed by atoms with Crippen LogP contribution in [0.2, 0.25) is 0 Å². The SMILES string of the molecule is CC(=O)c1c(C)c2cnc(Nc3ccc(N(C)Cc4ccc(/C=C/C(=O)NO)cn4)cn3)nc2n(C2CCCC2)c1=O. The van der Waals surface area contributed by atoms with Gasteiger partial charge in [-0.3, -0.25) is 29.1 Å². The molecule has 0 aliphatic heterocycles. The van der Waals surface area contributed by atoms with E-state index >= 15 is 0 Å². The molecule has 1 saturated carbocycles. The number of Topliss-reactive ketones (excluding diaryl/α,β-unsaturated/α-hetero) is 1. The number of fused-ring (bicyclic) bond motifs is 1. The van der Waals surface area contributed by atoms with Crippen LogP contribution < -0.4 is 21.3 Å². The van der Waals surface area contributed by atoms with Crippen molar-refractivity contribution in [2.75, 3.05) is 17.3 Å². The third-order valence-electron chi connectivity index (χ3n) is 7.46. The fourth-order valence-corrected chi connectivity index (χ4v) is 5.28. The van der Waals surface area contributed by atoms with Crippen LogP contribution in [0.5, 0.6) is 0 Å². The second-order valence-electron chi connectivity index (χ2n) is 10.4. The molecule has 5 rings (SSSR count). The minimum Gasteiger partial charge on any atom is -0.367 e. The van der Waals surface area contributed by atoms with E-state index in [1.807, 2.05) is 36.2 Å². The molecule has 1 aliphatic rings. The number of nitrogens with one attached hydrogen (secondary N) is 2. The Labute approximate surface area is 242 Å². The summed E-state index contributed by atoms with van der Waals surface area (Å²) in [6, 6.07) is 7.43. The average molecular weight is 569 g/mol. The zero-order chi connectivity index (χ0) is 29.8. The van der Waals surface area contributed by atoms with Crippen LogP contribution in [-0.4, -0.2) is 48.4 Å². The van der Waals surface area contributed by atoms with E-state index in [1.165, 1.54) is 13.0 Å². The number of ketones is 1. The maximum atomic E-state index is 13.4. The Morgan fingerprint density at radius 3 is 2.52 bits per heavy atom. The van der Waals surface area contributed by atoms with Crippen molar-refractivity contribution in [3.05, 3.63) is 81.7 Å². The number of aryl methyl sites for hydroxylation is 1. The highest BCUT2D eigenvalue weighted by molar-refractivity contribution is 5.99. The van der Waals surface area contributed by atoms with Gasteiger partial charge in [-0.1, -0.05) is 18.9 Å². The van der Waals surface area contributed by atoms with E-state index in [1.54, 1.807) is 41.6 Å². The van der Waals surface area contributed by atoms with Crippen molar-refractivity contribution < 1.29 is 14.8 Å². The van der Waals surface area contributed by atoms with E-state index in [4.69, 9.17) is 10.2 Å². The first kappa shape index (κ1) is 28.6. The first-order valence-corrected chi connectivity index (χ1v) is 13.7.